The molecule has 12 nitrogen and oxygen atoms in total. The number of nitrogens with zero attached hydrogens (tertiary/aromatic N) is 4. The van der Waals surface area contributed by atoms with Gasteiger partial charge in [0, 0.05) is 104 Å². The lowest BCUT2D eigenvalue weighted by Crippen LogP contribution is -2.35. The van der Waals surface area contributed by atoms with Crippen LogP contribution < -0.4 is 31.6 Å². The third-order valence-electron chi connectivity index (χ3n) is 9.40. The first-order valence-electron chi connectivity index (χ1n) is 17.2. The second kappa shape index (κ2) is 15.7. The summed E-state index contributed by atoms with van der Waals surface area (Å²) in [6.45, 7) is 4.01. The minimum absolute atomic E-state index is 0.0643. The molecule has 5 aromatic rings. The standard InChI is InChI=1S/C38H38Cl2N8O4/c1-52-36-24(19-42-22-26-9-11-33(49)45-26)8-10-31(46-36)30-7-3-6-29(35(30)40)28-5-2-4-27(34(28)39)23-12-15-48-32(18-23)44-21-25(37(48)50)20-41-13-16-47-17-14-43-38(47)51/h2-8,10,12,15,18,21,26,41-42H,9,11,13-14,16-17,19-20,22H2,1H3,(H,43,51)(H,45,49). The van der Waals surface area contributed by atoms with Crippen LogP contribution >= 0.6 is 23.2 Å². The highest BCUT2D eigenvalue weighted by atomic mass is 35.5. The monoisotopic (exact) mass is 740 g/mol. The van der Waals surface area contributed by atoms with Crippen molar-refractivity contribution in [1.29, 1.82) is 0 Å². The Bertz CT molecular complexity index is 2210. The van der Waals surface area contributed by atoms with E-state index in [2.05, 4.69) is 26.3 Å². The van der Waals surface area contributed by atoms with Gasteiger partial charge in [0.1, 0.15) is 5.65 Å². The predicted molar refractivity (Wildman–Crippen MR) is 202 cm³/mol. The Morgan fingerprint density at radius 1 is 0.923 bits per heavy atom. The van der Waals surface area contributed by atoms with E-state index in [-0.39, 0.29) is 23.5 Å². The SMILES string of the molecule is COc1nc(-c2cccc(-c3cccc(-c4ccn5c(=O)c(CNCCN6CCNC6=O)cnc5c4)c3Cl)c2Cl)ccc1CNCC1CCC(=O)N1. The molecule has 2 aromatic carbocycles. The zero-order valence-corrected chi connectivity index (χ0v) is 30.1. The number of halogens is 2. The predicted octanol–water partition coefficient (Wildman–Crippen LogP) is 4.89. The summed E-state index contributed by atoms with van der Waals surface area (Å²) in [5.74, 6) is 0.580. The molecule has 268 valence electrons. The maximum absolute atomic E-state index is 13.3. The first-order chi connectivity index (χ1) is 25.3. The zero-order valence-electron chi connectivity index (χ0n) is 28.5. The fraction of sp³-hybridized carbons (Fsp3) is 0.289. The topological polar surface area (TPSA) is 142 Å². The van der Waals surface area contributed by atoms with Crippen LogP contribution in [0.1, 0.15) is 24.0 Å². The van der Waals surface area contributed by atoms with Crippen LogP contribution in [0.25, 0.3) is 39.2 Å². The molecule has 2 aliphatic rings. The summed E-state index contributed by atoms with van der Waals surface area (Å²) in [4.78, 5) is 47.6. The van der Waals surface area contributed by atoms with E-state index in [4.69, 9.17) is 32.9 Å². The van der Waals surface area contributed by atoms with Crippen LogP contribution in [-0.2, 0) is 17.9 Å². The smallest absolute Gasteiger partial charge is 0.317 e. The Morgan fingerprint density at radius 3 is 2.40 bits per heavy atom. The number of ether oxygens (including phenoxy) is 1. The number of aromatic nitrogens is 3. The molecule has 5 heterocycles. The highest BCUT2D eigenvalue weighted by Crippen LogP contribution is 2.42. The van der Waals surface area contributed by atoms with Gasteiger partial charge in [0.15, 0.2) is 0 Å². The molecule has 0 saturated carbocycles. The van der Waals surface area contributed by atoms with Gasteiger partial charge in [-0.25, -0.2) is 14.8 Å². The van der Waals surface area contributed by atoms with Gasteiger partial charge >= 0.3 is 6.03 Å². The van der Waals surface area contributed by atoms with E-state index in [9.17, 15) is 14.4 Å². The maximum atomic E-state index is 13.3. The Labute approximate surface area is 310 Å². The molecule has 2 aliphatic heterocycles. The van der Waals surface area contributed by atoms with Crippen molar-refractivity contribution in [1.82, 2.24) is 40.5 Å². The molecule has 0 radical (unpaired) electrons. The van der Waals surface area contributed by atoms with Gasteiger partial charge in [0.2, 0.25) is 11.8 Å². The van der Waals surface area contributed by atoms with Gasteiger partial charge in [-0.3, -0.25) is 14.0 Å². The summed E-state index contributed by atoms with van der Waals surface area (Å²) < 4.78 is 7.16. The lowest BCUT2D eigenvalue weighted by Gasteiger charge is -2.16. The summed E-state index contributed by atoms with van der Waals surface area (Å²) in [6.07, 6.45) is 4.68. The Hall–Kier alpha value is -5.01. The first-order valence-corrected chi connectivity index (χ1v) is 17.9. The second-order valence-corrected chi connectivity index (χ2v) is 13.5. The minimum atomic E-state index is -0.167. The fourth-order valence-corrected chi connectivity index (χ4v) is 7.27. The highest BCUT2D eigenvalue weighted by molar-refractivity contribution is 6.39. The minimum Gasteiger partial charge on any atom is -0.481 e. The number of pyridine rings is 2. The van der Waals surface area contributed by atoms with Crippen LogP contribution in [-0.4, -0.2) is 77.1 Å². The molecule has 52 heavy (non-hydrogen) atoms. The van der Waals surface area contributed by atoms with E-state index >= 15 is 0 Å². The number of hydrogen-bond donors (Lipinski definition) is 4. The lowest BCUT2D eigenvalue weighted by molar-refractivity contribution is -0.119. The van der Waals surface area contributed by atoms with E-state index in [0.29, 0.717) is 85.1 Å². The Kier molecular flexibility index (Phi) is 10.7. The van der Waals surface area contributed by atoms with Gasteiger partial charge in [-0.15, -0.1) is 0 Å². The van der Waals surface area contributed by atoms with Crippen LogP contribution in [0.4, 0.5) is 4.79 Å². The van der Waals surface area contributed by atoms with E-state index in [1.165, 1.54) is 4.40 Å². The molecule has 3 amide bonds. The van der Waals surface area contributed by atoms with Crippen LogP contribution in [0, 0.1) is 0 Å². The number of rotatable bonds is 13. The number of amides is 3. The summed E-state index contributed by atoms with van der Waals surface area (Å²) in [5.41, 5.74) is 6.18. The van der Waals surface area contributed by atoms with Gasteiger partial charge in [0.25, 0.3) is 5.56 Å². The lowest BCUT2D eigenvalue weighted by atomic mass is 9.97. The second-order valence-electron chi connectivity index (χ2n) is 12.8. The molecule has 4 N–H and O–H groups in total. The van der Waals surface area contributed by atoms with Gasteiger partial charge in [0.05, 0.1) is 22.8 Å². The summed E-state index contributed by atoms with van der Waals surface area (Å²) in [6, 6.07) is 19.1. The van der Waals surface area contributed by atoms with Crippen molar-refractivity contribution < 1.29 is 14.3 Å². The van der Waals surface area contributed by atoms with Gasteiger partial charge in [-0.1, -0.05) is 65.7 Å². The molecule has 0 spiro atoms. The van der Waals surface area contributed by atoms with E-state index < -0.39 is 0 Å². The number of methoxy groups -OCH3 is 1. The average molecular weight is 742 g/mol. The number of benzene rings is 2. The van der Waals surface area contributed by atoms with Gasteiger partial charge < -0.3 is 30.9 Å². The van der Waals surface area contributed by atoms with Gasteiger partial charge in [-0.2, -0.15) is 0 Å². The van der Waals surface area contributed by atoms with E-state index in [0.717, 1.165) is 39.8 Å². The summed E-state index contributed by atoms with van der Waals surface area (Å²) >= 11 is 14.2. The molecule has 3 aromatic heterocycles. The highest BCUT2D eigenvalue weighted by Gasteiger charge is 2.21. The molecule has 0 aliphatic carbocycles. The van der Waals surface area contributed by atoms with E-state index in [1.54, 1.807) is 24.4 Å². The third kappa shape index (κ3) is 7.47. The van der Waals surface area contributed by atoms with Crippen molar-refractivity contribution in [3.63, 3.8) is 0 Å². The molecular formula is C38H38Cl2N8O4. The largest absolute Gasteiger partial charge is 0.481 e. The Balaban J connectivity index is 1.09. The maximum Gasteiger partial charge on any atom is 0.317 e. The van der Waals surface area contributed by atoms with Crippen molar-refractivity contribution in [3.05, 3.63) is 105 Å². The van der Waals surface area contributed by atoms with Crippen molar-refractivity contribution in [2.45, 2.75) is 32.0 Å². The van der Waals surface area contributed by atoms with Crippen LogP contribution in [0.15, 0.2) is 77.9 Å². The normalized spacial score (nSPS) is 15.7. The van der Waals surface area contributed by atoms with E-state index in [1.807, 2.05) is 60.7 Å². The molecule has 2 fully saturated rings. The Morgan fingerprint density at radius 2 is 1.67 bits per heavy atom. The first kappa shape index (κ1) is 35.4. The third-order valence-corrected chi connectivity index (χ3v) is 10.2. The van der Waals surface area contributed by atoms with Crippen molar-refractivity contribution in [2.24, 2.45) is 0 Å². The molecule has 1 unspecified atom stereocenters. The molecule has 14 heteroatoms. The number of hydrogen-bond acceptors (Lipinski definition) is 8. The molecule has 7 rings (SSSR count). The molecule has 0 bridgehead atoms. The van der Waals surface area contributed by atoms with Crippen LogP contribution in [0.2, 0.25) is 10.0 Å². The number of carbonyl (C=O) groups is 2. The van der Waals surface area contributed by atoms with Crippen molar-refractivity contribution >= 4 is 40.8 Å². The van der Waals surface area contributed by atoms with Crippen LogP contribution in [0.3, 0.4) is 0 Å². The van der Waals surface area contributed by atoms with Gasteiger partial charge in [-0.05, 0) is 30.2 Å². The van der Waals surface area contributed by atoms with Crippen molar-refractivity contribution in [2.75, 3.05) is 39.8 Å². The average Bonchev–Trinajstić information content (AvgIpc) is 3.77. The fourth-order valence-electron chi connectivity index (χ4n) is 6.61. The summed E-state index contributed by atoms with van der Waals surface area (Å²) in [5, 5.41) is 13.4. The molecular weight excluding hydrogens is 703 g/mol. The van der Waals surface area contributed by atoms with Crippen LogP contribution in [0.5, 0.6) is 5.88 Å². The molecule has 1 atom stereocenters. The van der Waals surface area contributed by atoms with Crippen molar-refractivity contribution in [3.8, 4) is 39.4 Å². The quantitative estimate of drug-likeness (QED) is 0.125. The number of fused-ring (bicyclic) bond motifs is 1. The number of carbonyl (C=O) groups excluding carboxylic acids is 2. The zero-order chi connectivity index (χ0) is 36.2. The number of urea groups is 1. The summed E-state index contributed by atoms with van der Waals surface area (Å²) in [7, 11) is 1.59. The molecule has 2 saturated heterocycles. The number of nitrogens with one attached hydrogen (secondary N) is 4.